The van der Waals surface area contributed by atoms with Crippen LogP contribution in [0.1, 0.15) is 31.4 Å². The SMILES string of the molecule is CC1(C)CCSc2ccc(NC(=S)Nc3ccc(C(F)(F)F)cc3)cc21. The number of rotatable bonds is 2. The third kappa shape index (κ3) is 4.32. The van der Waals surface area contributed by atoms with Gasteiger partial charge in [-0.3, -0.25) is 0 Å². The minimum absolute atomic E-state index is 0.112. The standard InChI is InChI=1S/C19H19F3N2S2/c1-18(2)9-10-26-16-8-7-14(11-15(16)18)24-17(25)23-13-5-3-12(4-6-13)19(20,21)22/h3-8,11H,9-10H2,1-2H3,(H2,23,24,25). The molecule has 1 aliphatic heterocycles. The van der Waals surface area contributed by atoms with Gasteiger partial charge in [0.15, 0.2) is 5.11 Å². The number of benzene rings is 2. The van der Waals surface area contributed by atoms with E-state index in [1.807, 2.05) is 17.8 Å². The van der Waals surface area contributed by atoms with Gasteiger partial charge in [-0.15, -0.1) is 11.8 Å². The van der Waals surface area contributed by atoms with Crippen LogP contribution < -0.4 is 10.6 Å². The highest BCUT2D eigenvalue weighted by Crippen LogP contribution is 2.42. The predicted octanol–water partition coefficient (Wildman–Crippen LogP) is 6.29. The Hall–Kier alpha value is -1.73. The minimum atomic E-state index is -4.34. The first-order valence-electron chi connectivity index (χ1n) is 8.18. The quantitative estimate of drug-likeness (QED) is 0.583. The molecule has 2 aromatic carbocycles. The molecule has 0 amide bonds. The highest BCUT2D eigenvalue weighted by Gasteiger charge is 2.30. The van der Waals surface area contributed by atoms with E-state index in [1.54, 1.807) is 0 Å². The molecule has 0 fully saturated rings. The molecule has 7 heteroatoms. The number of hydrogen-bond acceptors (Lipinski definition) is 2. The third-order valence-electron chi connectivity index (χ3n) is 4.42. The van der Waals surface area contributed by atoms with E-state index < -0.39 is 11.7 Å². The molecule has 0 saturated heterocycles. The zero-order valence-corrected chi connectivity index (χ0v) is 16.0. The number of alkyl halides is 3. The van der Waals surface area contributed by atoms with Crippen LogP contribution in [0.15, 0.2) is 47.4 Å². The van der Waals surface area contributed by atoms with Crippen molar-refractivity contribution in [2.45, 2.75) is 36.8 Å². The molecule has 3 rings (SSSR count). The molecule has 26 heavy (non-hydrogen) atoms. The Kier molecular flexibility index (Phi) is 5.21. The molecule has 0 unspecified atom stereocenters. The summed E-state index contributed by atoms with van der Waals surface area (Å²) in [7, 11) is 0. The van der Waals surface area contributed by atoms with Crippen LogP contribution in [0, 0.1) is 0 Å². The molecule has 2 aromatic rings. The van der Waals surface area contributed by atoms with Gasteiger partial charge in [0, 0.05) is 16.3 Å². The van der Waals surface area contributed by atoms with Crippen molar-refractivity contribution in [1.29, 1.82) is 0 Å². The molecule has 0 aliphatic carbocycles. The maximum Gasteiger partial charge on any atom is 0.416 e. The highest BCUT2D eigenvalue weighted by atomic mass is 32.2. The first kappa shape index (κ1) is 19.0. The summed E-state index contributed by atoms with van der Waals surface area (Å²) in [5, 5.41) is 6.37. The van der Waals surface area contributed by atoms with Crippen molar-refractivity contribution in [1.82, 2.24) is 0 Å². The number of fused-ring (bicyclic) bond motifs is 1. The Bertz CT molecular complexity index is 815. The third-order valence-corrected chi connectivity index (χ3v) is 5.70. The summed E-state index contributed by atoms with van der Waals surface area (Å²) in [6.45, 7) is 4.46. The number of hydrogen-bond donors (Lipinski definition) is 2. The second-order valence-corrected chi connectivity index (χ2v) is 8.39. The van der Waals surface area contributed by atoms with Crippen LogP contribution in [0.4, 0.5) is 24.5 Å². The van der Waals surface area contributed by atoms with Crippen molar-refractivity contribution < 1.29 is 13.2 Å². The number of thiocarbonyl (C=S) groups is 1. The normalized spacial score (nSPS) is 15.9. The van der Waals surface area contributed by atoms with Gasteiger partial charge < -0.3 is 10.6 Å². The summed E-state index contributed by atoms with van der Waals surface area (Å²) in [6.07, 6.45) is -3.23. The van der Waals surface area contributed by atoms with Gasteiger partial charge in [-0.05, 0) is 77.8 Å². The summed E-state index contributed by atoms with van der Waals surface area (Å²) < 4.78 is 37.8. The van der Waals surface area contributed by atoms with Gasteiger partial charge in [-0.1, -0.05) is 13.8 Å². The van der Waals surface area contributed by atoms with Gasteiger partial charge in [0.2, 0.25) is 0 Å². The van der Waals surface area contributed by atoms with Crippen molar-refractivity contribution >= 4 is 40.5 Å². The summed E-state index contributed by atoms with van der Waals surface area (Å²) in [5.41, 5.74) is 2.08. The van der Waals surface area contributed by atoms with Crippen molar-refractivity contribution in [3.63, 3.8) is 0 Å². The van der Waals surface area contributed by atoms with Gasteiger partial charge in [0.1, 0.15) is 0 Å². The van der Waals surface area contributed by atoms with Crippen molar-refractivity contribution in [2.24, 2.45) is 0 Å². The van der Waals surface area contributed by atoms with E-state index >= 15 is 0 Å². The fraction of sp³-hybridized carbons (Fsp3) is 0.316. The Balaban J connectivity index is 1.69. The number of nitrogens with one attached hydrogen (secondary N) is 2. The Morgan fingerprint density at radius 1 is 1.04 bits per heavy atom. The van der Waals surface area contributed by atoms with Crippen LogP contribution in [-0.4, -0.2) is 10.9 Å². The topological polar surface area (TPSA) is 24.1 Å². The second-order valence-electron chi connectivity index (χ2n) is 6.85. The fourth-order valence-electron chi connectivity index (χ4n) is 2.85. The molecule has 0 saturated carbocycles. The lowest BCUT2D eigenvalue weighted by atomic mass is 9.81. The van der Waals surface area contributed by atoms with E-state index in [2.05, 4.69) is 36.6 Å². The number of thioether (sulfide) groups is 1. The van der Waals surface area contributed by atoms with Crippen LogP contribution in [0.25, 0.3) is 0 Å². The predicted molar refractivity (Wildman–Crippen MR) is 106 cm³/mol. The van der Waals surface area contributed by atoms with Crippen LogP contribution >= 0.6 is 24.0 Å². The number of anilines is 2. The molecule has 0 aromatic heterocycles. The molecule has 0 radical (unpaired) electrons. The van der Waals surface area contributed by atoms with Crippen molar-refractivity contribution in [3.05, 3.63) is 53.6 Å². The maximum absolute atomic E-state index is 12.6. The molecule has 0 bridgehead atoms. The molecule has 0 atom stereocenters. The van der Waals surface area contributed by atoms with Crippen LogP contribution in [0.3, 0.4) is 0 Å². The van der Waals surface area contributed by atoms with Crippen LogP contribution in [-0.2, 0) is 11.6 Å². The van der Waals surface area contributed by atoms with E-state index in [1.165, 1.54) is 22.6 Å². The second kappa shape index (κ2) is 7.12. The summed E-state index contributed by atoms with van der Waals surface area (Å²) in [4.78, 5) is 1.29. The van der Waals surface area contributed by atoms with E-state index in [0.717, 1.165) is 30.0 Å². The monoisotopic (exact) mass is 396 g/mol. The smallest absolute Gasteiger partial charge is 0.332 e. The first-order valence-corrected chi connectivity index (χ1v) is 9.57. The zero-order valence-electron chi connectivity index (χ0n) is 14.4. The zero-order chi connectivity index (χ0) is 18.9. The molecule has 1 heterocycles. The van der Waals surface area contributed by atoms with Gasteiger partial charge in [0.05, 0.1) is 5.56 Å². The summed E-state index contributed by atoms with van der Waals surface area (Å²) in [5.74, 6) is 1.11. The van der Waals surface area contributed by atoms with E-state index in [0.29, 0.717) is 10.8 Å². The van der Waals surface area contributed by atoms with Gasteiger partial charge >= 0.3 is 6.18 Å². The van der Waals surface area contributed by atoms with Crippen molar-refractivity contribution in [2.75, 3.05) is 16.4 Å². The fourth-order valence-corrected chi connectivity index (χ4v) is 4.57. The van der Waals surface area contributed by atoms with Crippen LogP contribution in [0.5, 0.6) is 0 Å². The lowest BCUT2D eigenvalue weighted by Gasteiger charge is -2.32. The maximum atomic E-state index is 12.6. The average molecular weight is 397 g/mol. The highest BCUT2D eigenvalue weighted by molar-refractivity contribution is 7.99. The Morgan fingerprint density at radius 3 is 2.31 bits per heavy atom. The molecule has 1 aliphatic rings. The Labute approximate surface area is 160 Å². The average Bonchev–Trinajstić information content (AvgIpc) is 2.55. The molecule has 2 nitrogen and oxygen atoms in total. The lowest BCUT2D eigenvalue weighted by molar-refractivity contribution is -0.137. The molecular weight excluding hydrogens is 377 g/mol. The number of halogens is 3. The molecule has 138 valence electrons. The largest absolute Gasteiger partial charge is 0.416 e. The molecule has 2 N–H and O–H groups in total. The van der Waals surface area contributed by atoms with E-state index in [4.69, 9.17) is 12.2 Å². The van der Waals surface area contributed by atoms with Gasteiger partial charge in [0.25, 0.3) is 0 Å². The first-order chi connectivity index (χ1) is 12.1. The molecular formula is C19H19F3N2S2. The lowest BCUT2D eigenvalue weighted by Crippen LogP contribution is -2.24. The van der Waals surface area contributed by atoms with Crippen molar-refractivity contribution in [3.8, 4) is 0 Å². The van der Waals surface area contributed by atoms with Gasteiger partial charge in [-0.2, -0.15) is 13.2 Å². The molecule has 0 spiro atoms. The summed E-state index contributed by atoms with van der Waals surface area (Å²) in [6, 6.07) is 10.9. The minimum Gasteiger partial charge on any atom is -0.332 e. The van der Waals surface area contributed by atoms with Gasteiger partial charge in [-0.25, -0.2) is 0 Å². The van der Waals surface area contributed by atoms with Crippen LogP contribution in [0.2, 0.25) is 0 Å². The Morgan fingerprint density at radius 2 is 1.65 bits per heavy atom. The summed E-state index contributed by atoms with van der Waals surface area (Å²) >= 11 is 7.14. The van der Waals surface area contributed by atoms with E-state index in [9.17, 15) is 13.2 Å². The van der Waals surface area contributed by atoms with E-state index in [-0.39, 0.29) is 5.41 Å².